The van der Waals surface area contributed by atoms with Crippen LogP contribution in [0.1, 0.15) is 39.2 Å². The summed E-state index contributed by atoms with van der Waals surface area (Å²) in [5.41, 5.74) is 3.03. The molecule has 1 amide bonds. The number of imidazole rings is 1. The van der Waals surface area contributed by atoms with Gasteiger partial charge in [-0.1, -0.05) is 41.2 Å². The van der Waals surface area contributed by atoms with Crippen LogP contribution in [0.4, 0.5) is 10.9 Å². The zero-order chi connectivity index (χ0) is 21.5. The first-order chi connectivity index (χ1) is 14.2. The van der Waals surface area contributed by atoms with Crippen LogP contribution in [0.15, 0.2) is 24.3 Å². The predicted octanol–water partition coefficient (Wildman–Crippen LogP) is 4.04. The van der Waals surface area contributed by atoms with Crippen molar-refractivity contribution >= 4 is 33.2 Å². The molecule has 0 unspecified atom stereocenters. The van der Waals surface area contributed by atoms with Crippen molar-refractivity contribution in [2.45, 2.75) is 46.1 Å². The summed E-state index contributed by atoms with van der Waals surface area (Å²) in [6.45, 7) is 10.5. The highest BCUT2D eigenvalue weighted by molar-refractivity contribution is 7.20. The van der Waals surface area contributed by atoms with Gasteiger partial charge in [-0.05, 0) is 40.5 Å². The number of hydrogen-bond donors (Lipinski definition) is 1. The van der Waals surface area contributed by atoms with Gasteiger partial charge in [0.05, 0.1) is 6.54 Å². The maximum Gasteiger partial charge on any atom is 0.242 e. The lowest BCUT2D eigenvalue weighted by Gasteiger charge is -2.22. The molecule has 30 heavy (non-hydrogen) atoms. The zero-order valence-corrected chi connectivity index (χ0v) is 19.2. The minimum absolute atomic E-state index is 0.142. The highest BCUT2D eigenvalue weighted by atomic mass is 32.1. The molecule has 0 bridgehead atoms. The van der Waals surface area contributed by atoms with Gasteiger partial charge in [0, 0.05) is 31.2 Å². The smallest absolute Gasteiger partial charge is 0.242 e. The number of likely N-dealkylation sites (tertiary alicyclic amines) is 1. The molecule has 1 aromatic carbocycles. The SMILES string of the molecule is Cc1ccc(-c2nc3sc(N(C)CC(=O)N4CCCC4)nn3c2NC(C)(C)C)cc1. The summed E-state index contributed by atoms with van der Waals surface area (Å²) in [6, 6.07) is 8.38. The van der Waals surface area contributed by atoms with Gasteiger partial charge in [-0.3, -0.25) is 4.79 Å². The highest BCUT2D eigenvalue weighted by Gasteiger charge is 2.24. The van der Waals surface area contributed by atoms with Crippen molar-refractivity contribution in [3.8, 4) is 11.3 Å². The second-order valence-electron chi connectivity index (χ2n) is 9.07. The normalized spacial score (nSPS) is 14.5. The Morgan fingerprint density at radius 3 is 2.50 bits per heavy atom. The monoisotopic (exact) mass is 426 g/mol. The van der Waals surface area contributed by atoms with E-state index in [4.69, 9.17) is 10.1 Å². The number of hydrogen-bond acceptors (Lipinski definition) is 6. The molecule has 0 aliphatic carbocycles. The molecule has 7 nitrogen and oxygen atoms in total. The quantitative estimate of drug-likeness (QED) is 0.667. The van der Waals surface area contributed by atoms with Crippen molar-refractivity contribution in [1.82, 2.24) is 19.5 Å². The van der Waals surface area contributed by atoms with Crippen LogP contribution in [-0.2, 0) is 4.79 Å². The van der Waals surface area contributed by atoms with Gasteiger partial charge in [-0.2, -0.15) is 4.52 Å². The Bertz CT molecular complexity index is 1040. The Balaban J connectivity index is 1.66. The van der Waals surface area contributed by atoms with Crippen molar-refractivity contribution in [1.29, 1.82) is 0 Å². The maximum atomic E-state index is 12.5. The van der Waals surface area contributed by atoms with Crippen LogP contribution >= 0.6 is 11.3 Å². The molecule has 0 radical (unpaired) electrons. The van der Waals surface area contributed by atoms with E-state index in [1.807, 2.05) is 21.4 Å². The molecule has 1 aliphatic heterocycles. The van der Waals surface area contributed by atoms with E-state index in [9.17, 15) is 4.79 Å². The first kappa shape index (κ1) is 20.7. The summed E-state index contributed by atoms with van der Waals surface area (Å²) >= 11 is 1.50. The zero-order valence-electron chi connectivity index (χ0n) is 18.4. The van der Waals surface area contributed by atoms with Crippen LogP contribution < -0.4 is 10.2 Å². The van der Waals surface area contributed by atoms with E-state index in [2.05, 4.69) is 57.3 Å². The number of carbonyl (C=O) groups is 1. The topological polar surface area (TPSA) is 65.8 Å². The summed E-state index contributed by atoms with van der Waals surface area (Å²) in [7, 11) is 1.92. The molecule has 0 atom stereocenters. The van der Waals surface area contributed by atoms with Crippen molar-refractivity contribution in [2.75, 3.05) is 36.9 Å². The molecular formula is C22H30N6OS. The number of amides is 1. The number of benzene rings is 1. The number of anilines is 2. The molecule has 1 aliphatic rings. The van der Waals surface area contributed by atoms with Gasteiger partial charge >= 0.3 is 0 Å². The number of fused-ring (bicyclic) bond motifs is 1. The molecule has 1 fully saturated rings. The van der Waals surface area contributed by atoms with E-state index in [0.717, 1.165) is 53.1 Å². The Kier molecular flexibility index (Phi) is 5.44. The van der Waals surface area contributed by atoms with Gasteiger partial charge in [0.1, 0.15) is 5.69 Å². The molecule has 1 N–H and O–H groups in total. The van der Waals surface area contributed by atoms with E-state index in [0.29, 0.717) is 6.54 Å². The lowest BCUT2D eigenvalue weighted by atomic mass is 10.1. The molecule has 2 aromatic heterocycles. The second-order valence-corrected chi connectivity index (χ2v) is 10.0. The third-order valence-electron chi connectivity index (χ3n) is 5.17. The van der Waals surface area contributed by atoms with Crippen LogP contribution in [0.3, 0.4) is 0 Å². The van der Waals surface area contributed by atoms with Gasteiger partial charge in [0.15, 0.2) is 5.82 Å². The first-order valence-electron chi connectivity index (χ1n) is 10.4. The van der Waals surface area contributed by atoms with Gasteiger partial charge < -0.3 is 15.1 Å². The number of rotatable bonds is 5. The standard InChI is InChI=1S/C22H30N6OS/c1-15-8-10-16(11-9-15)18-19(24-22(2,3)4)28-20(23-18)30-21(25-28)26(5)14-17(29)27-12-6-7-13-27/h8-11,24H,6-7,12-14H2,1-5H3. The molecular weight excluding hydrogens is 396 g/mol. The summed E-state index contributed by atoms with van der Waals surface area (Å²) in [4.78, 5) is 22.1. The van der Waals surface area contributed by atoms with Crippen molar-refractivity contribution in [2.24, 2.45) is 0 Å². The third kappa shape index (κ3) is 4.28. The molecule has 3 heterocycles. The average molecular weight is 427 g/mol. The average Bonchev–Trinajstić information content (AvgIpc) is 3.39. The van der Waals surface area contributed by atoms with Crippen LogP contribution in [0.2, 0.25) is 0 Å². The van der Waals surface area contributed by atoms with Crippen LogP contribution in [0.5, 0.6) is 0 Å². The van der Waals surface area contributed by atoms with Gasteiger partial charge in [0.2, 0.25) is 16.0 Å². The highest BCUT2D eigenvalue weighted by Crippen LogP contribution is 2.34. The van der Waals surface area contributed by atoms with Crippen LogP contribution in [0.25, 0.3) is 16.2 Å². The molecule has 8 heteroatoms. The van der Waals surface area contributed by atoms with E-state index >= 15 is 0 Å². The second kappa shape index (κ2) is 7.91. The number of carbonyl (C=O) groups excluding carboxylic acids is 1. The minimum atomic E-state index is -0.142. The van der Waals surface area contributed by atoms with Gasteiger partial charge in [-0.15, -0.1) is 5.10 Å². The van der Waals surface area contributed by atoms with Crippen LogP contribution in [-0.4, -0.2) is 57.6 Å². The largest absolute Gasteiger partial charge is 0.364 e. The van der Waals surface area contributed by atoms with Gasteiger partial charge in [0.25, 0.3) is 0 Å². The fourth-order valence-electron chi connectivity index (χ4n) is 3.61. The summed E-state index contributed by atoms with van der Waals surface area (Å²) in [5.74, 6) is 1.04. The molecule has 3 aromatic rings. The van der Waals surface area contributed by atoms with Crippen molar-refractivity contribution in [3.63, 3.8) is 0 Å². The maximum absolute atomic E-state index is 12.5. The van der Waals surface area contributed by atoms with Crippen molar-refractivity contribution < 1.29 is 4.79 Å². The number of nitrogens with one attached hydrogen (secondary N) is 1. The molecule has 0 spiro atoms. The fraction of sp³-hybridized carbons (Fsp3) is 0.500. The minimum Gasteiger partial charge on any atom is -0.364 e. The molecule has 1 saturated heterocycles. The number of likely N-dealkylation sites (N-methyl/N-ethyl adjacent to an activating group) is 1. The van der Waals surface area contributed by atoms with Crippen molar-refractivity contribution in [3.05, 3.63) is 29.8 Å². The summed E-state index contributed by atoms with van der Waals surface area (Å²) in [6.07, 6.45) is 2.20. The lowest BCUT2D eigenvalue weighted by molar-refractivity contribution is -0.128. The lowest BCUT2D eigenvalue weighted by Crippen LogP contribution is -2.37. The van der Waals surface area contributed by atoms with E-state index in [1.54, 1.807) is 0 Å². The first-order valence-corrected chi connectivity index (χ1v) is 11.3. The van der Waals surface area contributed by atoms with E-state index < -0.39 is 0 Å². The Morgan fingerprint density at radius 2 is 1.87 bits per heavy atom. The summed E-state index contributed by atoms with van der Waals surface area (Å²) in [5, 5.41) is 9.17. The number of aromatic nitrogens is 3. The van der Waals surface area contributed by atoms with Crippen LogP contribution in [0, 0.1) is 6.92 Å². The predicted molar refractivity (Wildman–Crippen MR) is 123 cm³/mol. The fourth-order valence-corrected chi connectivity index (χ4v) is 4.47. The molecule has 0 saturated carbocycles. The van der Waals surface area contributed by atoms with E-state index in [-0.39, 0.29) is 11.4 Å². The number of aryl methyl sites for hydroxylation is 1. The Morgan fingerprint density at radius 1 is 1.20 bits per heavy atom. The third-order valence-corrected chi connectivity index (χ3v) is 6.19. The molecule has 4 rings (SSSR count). The summed E-state index contributed by atoms with van der Waals surface area (Å²) < 4.78 is 1.87. The van der Waals surface area contributed by atoms with E-state index in [1.165, 1.54) is 16.9 Å². The van der Waals surface area contributed by atoms with Gasteiger partial charge in [-0.25, -0.2) is 4.98 Å². The Labute approximate surface area is 181 Å². The molecule has 160 valence electrons. The Hall–Kier alpha value is -2.61. The number of nitrogens with zero attached hydrogens (tertiary/aromatic N) is 5.